The number of nitro benzene ring substituents is 1. The molecule has 1 N–H and O–H groups in total. The molecule has 0 aliphatic carbocycles. The fraction of sp³-hybridized carbons (Fsp3) is 0.100. The van der Waals surface area contributed by atoms with E-state index in [0.29, 0.717) is 5.69 Å². The van der Waals surface area contributed by atoms with Crippen molar-refractivity contribution in [2.75, 3.05) is 12.4 Å². The molecule has 1 heterocycles. The van der Waals surface area contributed by atoms with Crippen molar-refractivity contribution in [3.05, 3.63) is 93.8 Å². The number of aromatic nitrogens is 1. The van der Waals surface area contributed by atoms with Crippen LogP contribution < -0.4 is 10.1 Å². The fourth-order valence-corrected chi connectivity index (χ4v) is 2.62. The third-order valence-electron chi connectivity index (χ3n) is 4.01. The Bertz CT molecular complexity index is 957. The number of hydrogen-bond donors (Lipinski definition) is 1. The van der Waals surface area contributed by atoms with E-state index in [2.05, 4.69) is 10.3 Å². The van der Waals surface area contributed by atoms with E-state index in [1.807, 2.05) is 24.3 Å². The number of nitrogens with one attached hydrogen (secondary N) is 1. The summed E-state index contributed by atoms with van der Waals surface area (Å²) in [6.45, 7) is 0. The van der Waals surface area contributed by atoms with Gasteiger partial charge in [-0.05, 0) is 53.9 Å². The molecule has 0 saturated carbocycles. The average Bonchev–Trinajstić information content (AvgIpc) is 2.69. The van der Waals surface area contributed by atoms with Gasteiger partial charge in [-0.15, -0.1) is 0 Å². The number of carbonyl (C=O) groups is 1. The van der Waals surface area contributed by atoms with Crippen LogP contribution in [0.15, 0.2) is 67.0 Å². The standard InChI is InChI=1S/C20H17N3O4/c1-27-19-7-4-16(13-18(19)23(25)26)20(24)22-17-5-2-14(3-6-17)12-15-8-10-21-11-9-15/h2-11,13H,12H2,1H3,(H,22,24). The molecule has 7 nitrogen and oxygen atoms in total. The van der Waals surface area contributed by atoms with Crippen molar-refractivity contribution < 1.29 is 14.5 Å². The zero-order chi connectivity index (χ0) is 19.2. The lowest BCUT2D eigenvalue weighted by Crippen LogP contribution is -2.12. The number of carbonyl (C=O) groups excluding carboxylic acids is 1. The average molecular weight is 363 g/mol. The molecule has 1 amide bonds. The molecular weight excluding hydrogens is 346 g/mol. The van der Waals surface area contributed by atoms with Gasteiger partial charge in [-0.1, -0.05) is 12.1 Å². The summed E-state index contributed by atoms with van der Waals surface area (Å²) in [7, 11) is 1.34. The summed E-state index contributed by atoms with van der Waals surface area (Å²) in [5, 5.41) is 13.8. The third kappa shape index (κ3) is 4.46. The number of pyridine rings is 1. The number of amides is 1. The van der Waals surface area contributed by atoms with Crippen LogP contribution in [0.3, 0.4) is 0 Å². The van der Waals surface area contributed by atoms with E-state index in [1.165, 1.54) is 25.3 Å². The van der Waals surface area contributed by atoms with E-state index < -0.39 is 10.8 Å². The summed E-state index contributed by atoms with van der Waals surface area (Å²) in [5.41, 5.74) is 2.78. The van der Waals surface area contributed by atoms with Crippen molar-refractivity contribution in [1.29, 1.82) is 0 Å². The third-order valence-corrected chi connectivity index (χ3v) is 4.01. The van der Waals surface area contributed by atoms with Gasteiger partial charge in [-0.3, -0.25) is 19.9 Å². The monoisotopic (exact) mass is 363 g/mol. The lowest BCUT2D eigenvalue weighted by atomic mass is 10.1. The maximum absolute atomic E-state index is 12.4. The van der Waals surface area contributed by atoms with Crippen LogP contribution in [0.4, 0.5) is 11.4 Å². The minimum Gasteiger partial charge on any atom is -0.490 e. The first kappa shape index (κ1) is 18.1. The summed E-state index contributed by atoms with van der Waals surface area (Å²) in [4.78, 5) is 26.9. The molecule has 0 fully saturated rings. The minimum absolute atomic E-state index is 0.108. The highest BCUT2D eigenvalue weighted by atomic mass is 16.6. The highest BCUT2D eigenvalue weighted by molar-refractivity contribution is 6.04. The van der Waals surface area contributed by atoms with Gasteiger partial charge in [0.2, 0.25) is 0 Å². The van der Waals surface area contributed by atoms with E-state index in [4.69, 9.17) is 4.74 Å². The van der Waals surface area contributed by atoms with Crippen LogP contribution in [0.25, 0.3) is 0 Å². The van der Waals surface area contributed by atoms with E-state index in [1.54, 1.807) is 24.5 Å². The maximum Gasteiger partial charge on any atom is 0.311 e. The Kier molecular flexibility index (Phi) is 5.41. The SMILES string of the molecule is COc1ccc(C(=O)Nc2ccc(Cc3ccncc3)cc2)cc1[N+](=O)[O-]. The molecule has 27 heavy (non-hydrogen) atoms. The van der Waals surface area contributed by atoms with Crippen LogP contribution in [0.5, 0.6) is 5.75 Å². The van der Waals surface area contributed by atoms with Crippen molar-refractivity contribution in [2.24, 2.45) is 0 Å². The molecule has 0 atom stereocenters. The number of hydrogen-bond acceptors (Lipinski definition) is 5. The number of methoxy groups -OCH3 is 1. The van der Waals surface area contributed by atoms with E-state index >= 15 is 0 Å². The van der Waals surface area contributed by atoms with Gasteiger partial charge in [-0.25, -0.2) is 0 Å². The van der Waals surface area contributed by atoms with Crippen molar-refractivity contribution >= 4 is 17.3 Å². The van der Waals surface area contributed by atoms with E-state index in [-0.39, 0.29) is 17.0 Å². The molecule has 1 aromatic heterocycles. The Morgan fingerprint density at radius 2 is 1.74 bits per heavy atom. The Morgan fingerprint density at radius 1 is 1.07 bits per heavy atom. The molecule has 0 radical (unpaired) electrons. The second-order valence-electron chi connectivity index (χ2n) is 5.83. The van der Waals surface area contributed by atoms with Crippen molar-refractivity contribution in [2.45, 2.75) is 6.42 Å². The van der Waals surface area contributed by atoms with Crippen LogP contribution in [-0.2, 0) is 6.42 Å². The van der Waals surface area contributed by atoms with Crippen LogP contribution >= 0.6 is 0 Å². The highest BCUT2D eigenvalue weighted by Gasteiger charge is 2.18. The lowest BCUT2D eigenvalue weighted by Gasteiger charge is -2.08. The number of rotatable bonds is 6. The molecule has 0 spiro atoms. The molecule has 0 unspecified atom stereocenters. The minimum atomic E-state index is -0.580. The second kappa shape index (κ2) is 8.09. The van der Waals surface area contributed by atoms with Crippen LogP contribution in [-0.4, -0.2) is 22.9 Å². The van der Waals surface area contributed by atoms with E-state index in [9.17, 15) is 14.9 Å². The van der Waals surface area contributed by atoms with Gasteiger partial charge >= 0.3 is 5.69 Å². The maximum atomic E-state index is 12.4. The number of ether oxygens (including phenoxy) is 1. The molecular formula is C20H17N3O4. The zero-order valence-electron chi connectivity index (χ0n) is 14.6. The molecule has 3 rings (SSSR count). The summed E-state index contributed by atoms with van der Waals surface area (Å²) < 4.78 is 4.94. The molecule has 7 heteroatoms. The van der Waals surface area contributed by atoms with Crippen LogP contribution in [0.1, 0.15) is 21.5 Å². The van der Waals surface area contributed by atoms with Gasteiger partial charge in [0, 0.05) is 29.7 Å². The zero-order valence-corrected chi connectivity index (χ0v) is 14.6. The Hall–Kier alpha value is -3.74. The number of nitrogens with zero attached hydrogens (tertiary/aromatic N) is 2. The van der Waals surface area contributed by atoms with E-state index in [0.717, 1.165) is 17.5 Å². The molecule has 0 saturated heterocycles. The van der Waals surface area contributed by atoms with Gasteiger partial charge < -0.3 is 10.1 Å². The normalized spacial score (nSPS) is 10.3. The molecule has 0 bridgehead atoms. The molecule has 3 aromatic rings. The fourth-order valence-electron chi connectivity index (χ4n) is 2.62. The molecule has 2 aromatic carbocycles. The largest absolute Gasteiger partial charge is 0.490 e. The lowest BCUT2D eigenvalue weighted by molar-refractivity contribution is -0.385. The van der Waals surface area contributed by atoms with Gasteiger partial charge in [0.15, 0.2) is 5.75 Å². The predicted molar refractivity (Wildman–Crippen MR) is 101 cm³/mol. The summed E-state index contributed by atoms with van der Waals surface area (Å²) >= 11 is 0. The smallest absolute Gasteiger partial charge is 0.311 e. The molecule has 0 aliphatic heterocycles. The Labute approximate surface area is 155 Å². The Balaban J connectivity index is 1.71. The second-order valence-corrected chi connectivity index (χ2v) is 5.83. The van der Waals surface area contributed by atoms with Gasteiger partial charge in [-0.2, -0.15) is 0 Å². The number of anilines is 1. The number of nitro groups is 1. The summed E-state index contributed by atoms with van der Waals surface area (Å²) in [6, 6.07) is 15.4. The quantitative estimate of drug-likeness (QED) is 0.530. The van der Waals surface area contributed by atoms with Gasteiger partial charge in [0.1, 0.15) is 0 Å². The first-order chi connectivity index (χ1) is 13.1. The Morgan fingerprint density at radius 3 is 2.37 bits per heavy atom. The summed E-state index contributed by atoms with van der Waals surface area (Å²) in [5.74, 6) is -0.320. The first-order valence-electron chi connectivity index (χ1n) is 8.18. The van der Waals surface area contributed by atoms with Crippen LogP contribution in [0, 0.1) is 10.1 Å². The first-order valence-corrected chi connectivity index (χ1v) is 8.18. The van der Waals surface area contributed by atoms with Gasteiger partial charge in [0.05, 0.1) is 12.0 Å². The predicted octanol–water partition coefficient (Wildman–Crippen LogP) is 3.84. The number of benzene rings is 2. The van der Waals surface area contributed by atoms with Crippen LogP contribution in [0.2, 0.25) is 0 Å². The van der Waals surface area contributed by atoms with Crippen molar-refractivity contribution in [3.63, 3.8) is 0 Å². The van der Waals surface area contributed by atoms with Crippen molar-refractivity contribution in [3.8, 4) is 5.75 Å². The molecule has 136 valence electrons. The topological polar surface area (TPSA) is 94.4 Å². The van der Waals surface area contributed by atoms with Gasteiger partial charge in [0.25, 0.3) is 5.91 Å². The molecule has 0 aliphatic rings. The van der Waals surface area contributed by atoms with Crippen molar-refractivity contribution in [1.82, 2.24) is 4.98 Å². The highest BCUT2D eigenvalue weighted by Crippen LogP contribution is 2.27. The summed E-state index contributed by atoms with van der Waals surface area (Å²) in [6.07, 6.45) is 4.26.